The molecule has 0 radical (unpaired) electrons. The molecule has 1 aliphatic rings. The fraction of sp³-hybridized carbons (Fsp3) is 0.579. The van der Waals surface area contributed by atoms with Crippen LogP contribution in [0.4, 0.5) is 4.79 Å². The second-order valence-corrected chi connectivity index (χ2v) is 6.31. The lowest BCUT2D eigenvalue weighted by Crippen LogP contribution is -2.42. The van der Waals surface area contributed by atoms with E-state index in [2.05, 4.69) is 5.32 Å². The highest BCUT2D eigenvalue weighted by Gasteiger charge is 2.21. The Bertz CT molecular complexity index is 591. The molecule has 0 aromatic heterocycles. The Morgan fingerprint density at radius 2 is 2.24 bits per heavy atom. The van der Waals surface area contributed by atoms with Gasteiger partial charge in [-0.05, 0) is 44.4 Å². The number of hydrogen-bond acceptors (Lipinski definition) is 3. The van der Waals surface area contributed by atoms with Crippen LogP contribution in [-0.4, -0.2) is 55.0 Å². The summed E-state index contributed by atoms with van der Waals surface area (Å²) < 4.78 is 5.26. The maximum absolute atomic E-state index is 12.5. The summed E-state index contributed by atoms with van der Waals surface area (Å²) in [4.78, 5) is 27.8. The minimum Gasteiger partial charge on any atom is -0.497 e. The van der Waals surface area contributed by atoms with Crippen molar-refractivity contribution in [3.8, 4) is 5.75 Å². The number of benzene rings is 1. The first-order valence-corrected chi connectivity index (χ1v) is 9.03. The standard InChI is InChI=1S/C19H29N3O3/c1-4-22(15(2)16-8-5-9-17(14-16)25-3)19(24)20-11-7-13-21-12-6-10-18(21)23/h5,8-9,14-15H,4,6-7,10-13H2,1-3H3,(H,20,24). The number of carbonyl (C=O) groups excluding carboxylic acids is 2. The van der Waals surface area contributed by atoms with E-state index in [1.165, 1.54) is 0 Å². The average molecular weight is 347 g/mol. The second-order valence-electron chi connectivity index (χ2n) is 6.31. The number of urea groups is 1. The van der Waals surface area contributed by atoms with E-state index in [9.17, 15) is 9.59 Å². The van der Waals surface area contributed by atoms with Gasteiger partial charge in [0.05, 0.1) is 13.2 Å². The zero-order chi connectivity index (χ0) is 18.2. The first-order chi connectivity index (χ1) is 12.1. The highest BCUT2D eigenvalue weighted by Crippen LogP contribution is 2.23. The maximum atomic E-state index is 12.5. The molecule has 1 N–H and O–H groups in total. The third-order valence-corrected chi connectivity index (χ3v) is 4.70. The predicted octanol–water partition coefficient (Wildman–Crippen LogP) is 2.80. The largest absolute Gasteiger partial charge is 0.497 e. The van der Waals surface area contributed by atoms with Gasteiger partial charge in [-0.3, -0.25) is 4.79 Å². The first-order valence-electron chi connectivity index (χ1n) is 9.03. The van der Waals surface area contributed by atoms with E-state index in [1.54, 1.807) is 12.0 Å². The molecule has 1 heterocycles. The maximum Gasteiger partial charge on any atom is 0.317 e. The van der Waals surface area contributed by atoms with Crippen LogP contribution in [0, 0.1) is 0 Å². The van der Waals surface area contributed by atoms with E-state index < -0.39 is 0 Å². The fourth-order valence-corrected chi connectivity index (χ4v) is 3.18. The lowest BCUT2D eigenvalue weighted by molar-refractivity contribution is -0.127. The number of nitrogens with zero attached hydrogens (tertiary/aromatic N) is 2. The number of ether oxygens (including phenoxy) is 1. The van der Waals surface area contributed by atoms with E-state index in [4.69, 9.17) is 4.74 Å². The van der Waals surface area contributed by atoms with E-state index >= 15 is 0 Å². The van der Waals surface area contributed by atoms with Crippen LogP contribution < -0.4 is 10.1 Å². The summed E-state index contributed by atoms with van der Waals surface area (Å²) in [6, 6.07) is 7.67. The van der Waals surface area contributed by atoms with Crippen LogP contribution in [0.3, 0.4) is 0 Å². The Balaban J connectivity index is 1.83. The molecule has 138 valence electrons. The molecule has 0 spiro atoms. The van der Waals surface area contributed by atoms with Gasteiger partial charge in [0.1, 0.15) is 5.75 Å². The third kappa shape index (κ3) is 5.11. The molecule has 0 bridgehead atoms. The van der Waals surface area contributed by atoms with Crippen LogP contribution in [-0.2, 0) is 4.79 Å². The van der Waals surface area contributed by atoms with Gasteiger partial charge in [-0.15, -0.1) is 0 Å². The van der Waals surface area contributed by atoms with Crippen molar-refractivity contribution in [3.05, 3.63) is 29.8 Å². The highest BCUT2D eigenvalue weighted by atomic mass is 16.5. The second kappa shape index (κ2) is 9.30. The number of methoxy groups -OCH3 is 1. The minimum absolute atomic E-state index is 0.0414. The smallest absolute Gasteiger partial charge is 0.317 e. The molecule has 0 saturated carbocycles. The van der Waals surface area contributed by atoms with E-state index in [0.717, 1.165) is 37.2 Å². The van der Waals surface area contributed by atoms with Crippen LogP contribution in [0.5, 0.6) is 5.75 Å². The summed E-state index contributed by atoms with van der Waals surface area (Å²) in [6.45, 7) is 6.75. The van der Waals surface area contributed by atoms with Crippen molar-refractivity contribution < 1.29 is 14.3 Å². The molecule has 2 rings (SSSR count). The summed E-state index contributed by atoms with van der Waals surface area (Å²) in [5.41, 5.74) is 1.04. The Hall–Kier alpha value is -2.24. The summed E-state index contributed by atoms with van der Waals surface area (Å²) >= 11 is 0. The number of rotatable bonds is 8. The van der Waals surface area contributed by atoms with Crippen molar-refractivity contribution in [1.29, 1.82) is 0 Å². The minimum atomic E-state index is -0.0782. The van der Waals surface area contributed by atoms with Gasteiger partial charge in [-0.2, -0.15) is 0 Å². The molecule has 1 aliphatic heterocycles. The van der Waals surface area contributed by atoms with Gasteiger partial charge in [0.15, 0.2) is 0 Å². The van der Waals surface area contributed by atoms with Gasteiger partial charge in [0.25, 0.3) is 0 Å². The number of hydrogen-bond donors (Lipinski definition) is 1. The number of carbonyl (C=O) groups is 2. The Morgan fingerprint density at radius 3 is 2.88 bits per heavy atom. The van der Waals surface area contributed by atoms with Gasteiger partial charge >= 0.3 is 6.03 Å². The monoisotopic (exact) mass is 347 g/mol. The lowest BCUT2D eigenvalue weighted by Gasteiger charge is -2.29. The Morgan fingerprint density at radius 1 is 1.44 bits per heavy atom. The quantitative estimate of drug-likeness (QED) is 0.736. The van der Waals surface area contributed by atoms with Gasteiger partial charge in [0, 0.05) is 32.6 Å². The molecule has 1 saturated heterocycles. The SMILES string of the molecule is CCN(C(=O)NCCCN1CCCC1=O)C(C)c1cccc(OC)c1. The lowest BCUT2D eigenvalue weighted by atomic mass is 10.1. The van der Waals surface area contributed by atoms with Crippen LogP contribution in [0.1, 0.15) is 44.7 Å². The topological polar surface area (TPSA) is 61.9 Å². The van der Waals surface area contributed by atoms with E-state index in [0.29, 0.717) is 19.5 Å². The highest BCUT2D eigenvalue weighted by molar-refractivity contribution is 5.78. The van der Waals surface area contributed by atoms with Crippen LogP contribution >= 0.6 is 0 Å². The van der Waals surface area contributed by atoms with Crippen LogP contribution in [0.15, 0.2) is 24.3 Å². The molecule has 1 aromatic rings. The summed E-state index contributed by atoms with van der Waals surface area (Å²) in [6.07, 6.45) is 2.39. The summed E-state index contributed by atoms with van der Waals surface area (Å²) in [7, 11) is 1.64. The molecule has 25 heavy (non-hydrogen) atoms. The summed E-state index contributed by atoms with van der Waals surface area (Å²) in [5, 5.41) is 2.97. The average Bonchev–Trinajstić information content (AvgIpc) is 3.04. The molecule has 1 atom stereocenters. The number of amides is 3. The summed E-state index contributed by atoms with van der Waals surface area (Å²) in [5.74, 6) is 1.02. The van der Waals surface area contributed by atoms with Crippen molar-refractivity contribution in [2.24, 2.45) is 0 Å². The Labute approximate surface area is 150 Å². The van der Waals surface area contributed by atoms with E-state index in [1.807, 2.05) is 43.0 Å². The van der Waals surface area contributed by atoms with Gasteiger partial charge < -0.3 is 19.9 Å². The van der Waals surface area contributed by atoms with Gasteiger partial charge in [-0.1, -0.05) is 12.1 Å². The van der Waals surface area contributed by atoms with Crippen LogP contribution in [0.25, 0.3) is 0 Å². The number of nitrogens with one attached hydrogen (secondary N) is 1. The molecule has 6 heteroatoms. The van der Waals surface area contributed by atoms with Crippen molar-refractivity contribution in [2.45, 2.75) is 39.2 Å². The molecular weight excluding hydrogens is 318 g/mol. The molecule has 1 unspecified atom stereocenters. The molecule has 1 fully saturated rings. The van der Waals surface area contributed by atoms with Gasteiger partial charge in [-0.25, -0.2) is 4.79 Å². The van der Waals surface area contributed by atoms with Crippen LogP contribution in [0.2, 0.25) is 0 Å². The molecule has 6 nitrogen and oxygen atoms in total. The molecule has 3 amide bonds. The van der Waals surface area contributed by atoms with Gasteiger partial charge in [0.2, 0.25) is 5.91 Å². The first kappa shape index (κ1) is 19.1. The van der Waals surface area contributed by atoms with Crippen molar-refractivity contribution in [1.82, 2.24) is 15.1 Å². The van der Waals surface area contributed by atoms with Crippen molar-refractivity contribution >= 4 is 11.9 Å². The van der Waals surface area contributed by atoms with Crippen molar-refractivity contribution in [2.75, 3.05) is 33.3 Å². The van der Waals surface area contributed by atoms with E-state index in [-0.39, 0.29) is 18.0 Å². The Kier molecular flexibility index (Phi) is 7.10. The predicted molar refractivity (Wildman–Crippen MR) is 97.6 cm³/mol. The molecular formula is C19H29N3O3. The molecule has 1 aromatic carbocycles. The normalized spacial score (nSPS) is 15.2. The zero-order valence-electron chi connectivity index (χ0n) is 15.5. The molecule has 0 aliphatic carbocycles. The van der Waals surface area contributed by atoms with Crippen molar-refractivity contribution in [3.63, 3.8) is 0 Å². The zero-order valence-corrected chi connectivity index (χ0v) is 15.5. The fourth-order valence-electron chi connectivity index (χ4n) is 3.18. The third-order valence-electron chi connectivity index (χ3n) is 4.70. The number of likely N-dealkylation sites (tertiary alicyclic amines) is 1.